The molecule has 0 saturated carbocycles. The highest BCUT2D eigenvalue weighted by Crippen LogP contribution is 2.33. The number of nitrogen functional groups attached to an aromatic ring is 1. The van der Waals surface area contributed by atoms with Crippen LogP contribution in [0.5, 0.6) is 0 Å². The summed E-state index contributed by atoms with van der Waals surface area (Å²) in [6.07, 6.45) is 3.40. The zero-order valence-electron chi connectivity index (χ0n) is 16.5. The zero-order valence-corrected chi connectivity index (χ0v) is 16.5. The van der Waals surface area contributed by atoms with E-state index >= 15 is 0 Å². The highest BCUT2D eigenvalue weighted by molar-refractivity contribution is 5.98. The van der Waals surface area contributed by atoms with Gasteiger partial charge in [0.25, 0.3) is 0 Å². The zero-order chi connectivity index (χ0) is 19.7. The molecule has 0 saturated heterocycles. The molecule has 3 heteroatoms. The Bertz CT molecular complexity index is 711. The van der Waals surface area contributed by atoms with Gasteiger partial charge < -0.3 is 10.8 Å². The number of anilines is 1. The Morgan fingerprint density at radius 3 is 2.04 bits per heavy atom. The molecule has 2 aromatic rings. The standard InChI is InChI=1S/C14H16O2.C7H9N.C2H6/c1-9-3-5-12(10(2)7-9)14-11(8-15)4-6-13(14)16;1-6-2-4-7(8)5-3-6;1-2/h3-7,11,14-15H,8H2,1-2H3;2-5H,8H2,1H3;1-2H3. The normalized spacial score (nSPS) is 17.8. The van der Waals surface area contributed by atoms with E-state index in [0.717, 1.165) is 16.8 Å². The first-order valence-electron chi connectivity index (χ1n) is 9.14. The van der Waals surface area contributed by atoms with Gasteiger partial charge in [-0.25, -0.2) is 0 Å². The van der Waals surface area contributed by atoms with Crippen molar-refractivity contribution < 1.29 is 9.90 Å². The lowest BCUT2D eigenvalue weighted by atomic mass is 9.85. The number of allylic oxidation sites excluding steroid dienone is 1. The lowest BCUT2D eigenvalue weighted by Gasteiger charge is -2.18. The van der Waals surface area contributed by atoms with E-state index in [9.17, 15) is 9.90 Å². The van der Waals surface area contributed by atoms with Gasteiger partial charge in [-0.1, -0.05) is 61.4 Å². The minimum absolute atomic E-state index is 0.0280. The molecule has 2 atom stereocenters. The first-order valence-corrected chi connectivity index (χ1v) is 9.14. The molecular weight excluding hydrogens is 322 g/mol. The molecule has 3 nitrogen and oxygen atoms in total. The van der Waals surface area contributed by atoms with Crippen molar-refractivity contribution in [3.63, 3.8) is 0 Å². The number of rotatable bonds is 2. The van der Waals surface area contributed by atoms with Crippen LogP contribution in [0, 0.1) is 26.7 Å². The molecule has 0 fully saturated rings. The fraction of sp³-hybridized carbons (Fsp3) is 0.348. The lowest BCUT2D eigenvalue weighted by Crippen LogP contribution is -2.17. The molecule has 0 bridgehead atoms. The maximum atomic E-state index is 11.8. The minimum atomic E-state index is -0.189. The maximum absolute atomic E-state index is 11.8. The second kappa shape index (κ2) is 10.6. The first kappa shape index (κ1) is 21.7. The third-order valence-corrected chi connectivity index (χ3v) is 4.29. The molecule has 0 radical (unpaired) electrons. The summed E-state index contributed by atoms with van der Waals surface area (Å²) in [5.41, 5.74) is 10.9. The van der Waals surface area contributed by atoms with Crippen molar-refractivity contribution in [2.45, 2.75) is 40.5 Å². The number of aryl methyl sites for hydroxylation is 3. The van der Waals surface area contributed by atoms with Gasteiger partial charge >= 0.3 is 0 Å². The molecule has 26 heavy (non-hydrogen) atoms. The molecule has 2 unspecified atom stereocenters. The third kappa shape index (κ3) is 5.85. The Labute approximate surface area is 157 Å². The van der Waals surface area contributed by atoms with Crippen LogP contribution < -0.4 is 5.73 Å². The molecular formula is C23H31NO2. The van der Waals surface area contributed by atoms with Gasteiger partial charge in [-0.15, -0.1) is 0 Å². The summed E-state index contributed by atoms with van der Waals surface area (Å²) >= 11 is 0. The van der Waals surface area contributed by atoms with Gasteiger partial charge in [-0.05, 0) is 50.1 Å². The molecule has 0 heterocycles. The molecule has 3 N–H and O–H groups in total. The fourth-order valence-corrected chi connectivity index (χ4v) is 2.94. The van der Waals surface area contributed by atoms with Gasteiger partial charge in [0.05, 0.1) is 12.5 Å². The third-order valence-electron chi connectivity index (χ3n) is 4.29. The van der Waals surface area contributed by atoms with Gasteiger partial charge in [0.15, 0.2) is 5.78 Å². The van der Waals surface area contributed by atoms with E-state index in [1.54, 1.807) is 6.08 Å². The summed E-state index contributed by atoms with van der Waals surface area (Å²) in [6.45, 7) is 10.1. The maximum Gasteiger partial charge on any atom is 0.163 e. The number of carbonyl (C=O) groups is 1. The van der Waals surface area contributed by atoms with Crippen molar-refractivity contribution >= 4 is 11.5 Å². The average molecular weight is 354 g/mol. The number of carbonyl (C=O) groups excluding carboxylic acids is 1. The van der Waals surface area contributed by atoms with Gasteiger partial charge in [0.2, 0.25) is 0 Å². The van der Waals surface area contributed by atoms with E-state index in [1.165, 1.54) is 11.1 Å². The summed E-state index contributed by atoms with van der Waals surface area (Å²) in [6, 6.07) is 13.9. The van der Waals surface area contributed by atoms with Crippen molar-refractivity contribution in [1.29, 1.82) is 0 Å². The number of hydrogen-bond donors (Lipinski definition) is 2. The van der Waals surface area contributed by atoms with Crippen molar-refractivity contribution in [2.75, 3.05) is 12.3 Å². The van der Waals surface area contributed by atoms with Gasteiger partial charge in [-0.3, -0.25) is 4.79 Å². The van der Waals surface area contributed by atoms with Crippen LogP contribution >= 0.6 is 0 Å². The van der Waals surface area contributed by atoms with Crippen LogP contribution in [0.4, 0.5) is 5.69 Å². The number of benzene rings is 2. The molecule has 0 spiro atoms. The number of ketones is 1. The molecule has 1 aliphatic carbocycles. The second-order valence-corrected chi connectivity index (χ2v) is 6.36. The predicted molar refractivity (Wildman–Crippen MR) is 110 cm³/mol. The van der Waals surface area contributed by atoms with Crippen molar-refractivity contribution in [1.82, 2.24) is 0 Å². The highest BCUT2D eigenvalue weighted by Gasteiger charge is 2.31. The SMILES string of the molecule is CC.Cc1ccc(C2C(=O)C=CC2CO)c(C)c1.Cc1ccc(N)cc1. The Kier molecular flexibility index (Phi) is 8.80. The molecule has 140 valence electrons. The van der Waals surface area contributed by atoms with Gasteiger partial charge in [-0.2, -0.15) is 0 Å². The van der Waals surface area contributed by atoms with E-state index in [-0.39, 0.29) is 24.2 Å². The summed E-state index contributed by atoms with van der Waals surface area (Å²) in [5, 5.41) is 9.26. The molecule has 0 aliphatic heterocycles. The predicted octanol–water partition coefficient (Wildman–Crippen LogP) is 4.74. The van der Waals surface area contributed by atoms with Crippen LogP contribution in [-0.2, 0) is 4.79 Å². The van der Waals surface area contributed by atoms with Crippen LogP contribution in [0.25, 0.3) is 0 Å². The number of aliphatic hydroxyl groups is 1. The van der Waals surface area contributed by atoms with Crippen molar-refractivity contribution in [2.24, 2.45) is 5.92 Å². The van der Waals surface area contributed by atoms with Gasteiger partial charge in [0.1, 0.15) is 0 Å². The molecule has 0 aromatic heterocycles. The number of aliphatic hydroxyl groups excluding tert-OH is 1. The van der Waals surface area contributed by atoms with Crippen LogP contribution in [0.1, 0.15) is 42.0 Å². The average Bonchev–Trinajstić information content (AvgIpc) is 3.00. The van der Waals surface area contributed by atoms with E-state index in [4.69, 9.17) is 5.73 Å². The number of nitrogens with two attached hydrogens (primary N) is 1. The van der Waals surface area contributed by atoms with E-state index < -0.39 is 0 Å². The van der Waals surface area contributed by atoms with E-state index in [1.807, 2.05) is 77.1 Å². The van der Waals surface area contributed by atoms with Crippen LogP contribution in [0.2, 0.25) is 0 Å². The lowest BCUT2D eigenvalue weighted by molar-refractivity contribution is -0.116. The first-order chi connectivity index (χ1) is 12.4. The fourth-order valence-electron chi connectivity index (χ4n) is 2.94. The van der Waals surface area contributed by atoms with Crippen molar-refractivity contribution in [3.05, 3.63) is 76.9 Å². The molecule has 0 amide bonds. The number of hydrogen-bond acceptors (Lipinski definition) is 3. The summed E-state index contributed by atoms with van der Waals surface area (Å²) in [7, 11) is 0. The van der Waals surface area contributed by atoms with E-state index in [2.05, 4.69) is 6.07 Å². The second-order valence-electron chi connectivity index (χ2n) is 6.36. The molecule has 2 aromatic carbocycles. The quantitative estimate of drug-likeness (QED) is 0.767. The molecule has 3 rings (SSSR count). The van der Waals surface area contributed by atoms with Crippen LogP contribution in [0.15, 0.2) is 54.6 Å². The molecule has 1 aliphatic rings. The van der Waals surface area contributed by atoms with E-state index in [0.29, 0.717) is 0 Å². The van der Waals surface area contributed by atoms with Crippen molar-refractivity contribution in [3.8, 4) is 0 Å². The smallest absolute Gasteiger partial charge is 0.163 e. The summed E-state index contributed by atoms with van der Waals surface area (Å²) in [4.78, 5) is 11.8. The topological polar surface area (TPSA) is 63.3 Å². The minimum Gasteiger partial charge on any atom is -0.399 e. The largest absolute Gasteiger partial charge is 0.399 e. The van der Waals surface area contributed by atoms with Crippen LogP contribution in [-0.4, -0.2) is 17.5 Å². The monoisotopic (exact) mass is 353 g/mol. The Morgan fingerprint density at radius 1 is 0.962 bits per heavy atom. The Morgan fingerprint density at radius 2 is 1.54 bits per heavy atom. The highest BCUT2D eigenvalue weighted by atomic mass is 16.3. The summed E-state index contributed by atoms with van der Waals surface area (Å²) in [5.74, 6) is -0.148. The Balaban J connectivity index is 0.000000284. The van der Waals surface area contributed by atoms with Gasteiger partial charge in [0, 0.05) is 11.6 Å². The summed E-state index contributed by atoms with van der Waals surface area (Å²) < 4.78 is 0. The van der Waals surface area contributed by atoms with Crippen LogP contribution in [0.3, 0.4) is 0 Å². The Hall–Kier alpha value is -2.39.